The number of halogens is 4. The molecule has 0 bridgehead atoms. The van der Waals surface area contributed by atoms with Gasteiger partial charge in [0.2, 0.25) is 5.91 Å². The molecule has 29 heavy (non-hydrogen) atoms. The summed E-state index contributed by atoms with van der Waals surface area (Å²) in [6, 6.07) is 7.19. The Morgan fingerprint density at radius 2 is 1.83 bits per heavy atom. The lowest BCUT2D eigenvalue weighted by molar-refractivity contribution is -0.192. The van der Waals surface area contributed by atoms with Gasteiger partial charge >= 0.3 is 12.1 Å². The number of rotatable bonds is 3. The van der Waals surface area contributed by atoms with Crippen LogP contribution in [-0.4, -0.2) is 58.1 Å². The summed E-state index contributed by atoms with van der Waals surface area (Å²) in [7, 11) is 1.97. The van der Waals surface area contributed by atoms with Crippen molar-refractivity contribution >= 4 is 11.9 Å². The number of alkyl halides is 3. The Kier molecular flexibility index (Phi) is 7.26. The van der Waals surface area contributed by atoms with Crippen molar-refractivity contribution in [2.24, 2.45) is 0 Å². The predicted molar refractivity (Wildman–Crippen MR) is 98.5 cm³/mol. The Balaban J connectivity index is 0.000000370. The highest BCUT2D eigenvalue weighted by molar-refractivity contribution is 5.79. The second-order valence-corrected chi connectivity index (χ2v) is 7.48. The summed E-state index contributed by atoms with van der Waals surface area (Å²) in [5, 5.41) is 7.12. The molecule has 9 heteroatoms. The summed E-state index contributed by atoms with van der Waals surface area (Å²) in [4.78, 5) is 25.5. The molecule has 2 fully saturated rings. The standard InChI is InChI=1S/C18H25FN2O.C2HF3O2/c1-3-16-18(11-9-17(22)20(18)2)10-4-12-21(16)13-14-5-7-15(19)8-6-14;3-2(4,5)1(6)7/h5-8,16H,3-4,9-13H2,1-2H3;(H,6,7)/t16-,18-;/m0./s1. The minimum atomic E-state index is -5.08. The largest absolute Gasteiger partial charge is 0.490 e. The fourth-order valence-electron chi connectivity index (χ4n) is 4.49. The van der Waals surface area contributed by atoms with Crippen molar-refractivity contribution in [3.63, 3.8) is 0 Å². The summed E-state index contributed by atoms with van der Waals surface area (Å²) in [6.45, 7) is 4.11. The van der Waals surface area contributed by atoms with Gasteiger partial charge < -0.3 is 10.0 Å². The van der Waals surface area contributed by atoms with Gasteiger partial charge in [0.25, 0.3) is 0 Å². The molecule has 2 saturated heterocycles. The third-order valence-corrected chi connectivity index (χ3v) is 5.86. The van der Waals surface area contributed by atoms with Crippen LogP contribution in [0.15, 0.2) is 24.3 Å². The first kappa shape index (κ1) is 23.1. The predicted octanol–water partition coefficient (Wildman–Crippen LogP) is 3.82. The number of likely N-dealkylation sites (tertiary alicyclic amines) is 2. The van der Waals surface area contributed by atoms with Gasteiger partial charge in [-0.25, -0.2) is 9.18 Å². The zero-order valence-electron chi connectivity index (χ0n) is 16.5. The van der Waals surface area contributed by atoms with Crippen molar-refractivity contribution in [1.82, 2.24) is 9.80 Å². The smallest absolute Gasteiger partial charge is 0.475 e. The summed E-state index contributed by atoms with van der Waals surface area (Å²) in [5.74, 6) is -2.67. The Morgan fingerprint density at radius 3 is 2.28 bits per heavy atom. The van der Waals surface area contributed by atoms with Gasteiger partial charge in [-0.15, -0.1) is 0 Å². The van der Waals surface area contributed by atoms with Crippen LogP contribution in [-0.2, 0) is 16.1 Å². The molecule has 2 aliphatic rings. The molecule has 1 aromatic rings. The summed E-state index contributed by atoms with van der Waals surface area (Å²) >= 11 is 0. The summed E-state index contributed by atoms with van der Waals surface area (Å²) in [6.07, 6.45) is -0.167. The van der Waals surface area contributed by atoms with Gasteiger partial charge in [-0.1, -0.05) is 19.1 Å². The van der Waals surface area contributed by atoms with Crippen molar-refractivity contribution in [2.45, 2.75) is 63.3 Å². The molecule has 1 spiro atoms. The van der Waals surface area contributed by atoms with E-state index < -0.39 is 12.1 Å². The molecule has 1 amide bonds. The van der Waals surface area contributed by atoms with E-state index in [4.69, 9.17) is 9.90 Å². The third-order valence-electron chi connectivity index (χ3n) is 5.86. The summed E-state index contributed by atoms with van der Waals surface area (Å²) < 4.78 is 44.8. The van der Waals surface area contributed by atoms with Crippen LogP contribution in [0.3, 0.4) is 0 Å². The van der Waals surface area contributed by atoms with E-state index in [1.165, 1.54) is 12.1 Å². The number of nitrogens with zero attached hydrogens (tertiary/aromatic N) is 2. The second-order valence-electron chi connectivity index (χ2n) is 7.48. The minimum absolute atomic E-state index is 0.00408. The first-order valence-corrected chi connectivity index (χ1v) is 9.56. The van der Waals surface area contributed by atoms with Gasteiger partial charge in [-0.2, -0.15) is 13.2 Å². The highest BCUT2D eigenvalue weighted by Crippen LogP contribution is 2.42. The number of amides is 1. The molecular formula is C20H26F4N2O3. The molecule has 0 aliphatic carbocycles. The molecule has 5 nitrogen and oxygen atoms in total. The van der Waals surface area contributed by atoms with E-state index in [1.54, 1.807) is 0 Å². The van der Waals surface area contributed by atoms with Crippen LogP contribution in [0.5, 0.6) is 0 Å². The number of aliphatic carboxylic acids is 1. The fourth-order valence-corrected chi connectivity index (χ4v) is 4.49. The van der Waals surface area contributed by atoms with Gasteiger partial charge in [0.05, 0.1) is 5.54 Å². The zero-order valence-corrected chi connectivity index (χ0v) is 16.5. The van der Waals surface area contributed by atoms with Crippen LogP contribution < -0.4 is 0 Å². The number of hydrogen-bond donors (Lipinski definition) is 1. The topological polar surface area (TPSA) is 60.9 Å². The number of carbonyl (C=O) groups excluding carboxylic acids is 1. The molecule has 1 aromatic carbocycles. The fraction of sp³-hybridized carbons (Fsp3) is 0.600. The number of carbonyl (C=O) groups is 2. The number of piperidine rings is 1. The van der Waals surface area contributed by atoms with Crippen LogP contribution in [0.1, 0.15) is 44.6 Å². The Morgan fingerprint density at radius 1 is 1.24 bits per heavy atom. The molecule has 0 aromatic heterocycles. The van der Waals surface area contributed by atoms with Crippen LogP contribution in [0, 0.1) is 5.82 Å². The Bertz CT molecular complexity index is 723. The highest BCUT2D eigenvalue weighted by atomic mass is 19.4. The minimum Gasteiger partial charge on any atom is -0.475 e. The lowest BCUT2D eigenvalue weighted by atomic mass is 9.77. The van der Waals surface area contributed by atoms with Crippen molar-refractivity contribution in [3.8, 4) is 0 Å². The molecule has 0 saturated carbocycles. The molecular weight excluding hydrogens is 392 g/mol. The van der Waals surface area contributed by atoms with Gasteiger partial charge in [0, 0.05) is 26.1 Å². The van der Waals surface area contributed by atoms with Gasteiger partial charge in [0.15, 0.2) is 0 Å². The Hall–Kier alpha value is -2.16. The van der Waals surface area contributed by atoms with E-state index in [-0.39, 0.29) is 17.3 Å². The number of likely N-dealkylation sites (N-methyl/N-ethyl adjacent to an activating group) is 1. The second kappa shape index (κ2) is 9.11. The van der Waals surface area contributed by atoms with E-state index in [0.717, 1.165) is 44.3 Å². The van der Waals surface area contributed by atoms with Crippen LogP contribution >= 0.6 is 0 Å². The molecule has 3 rings (SSSR count). The van der Waals surface area contributed by atoms with E-state index in [9.17, 15) is 22.4 Å². The lowest BCUT2D eigenvalue weighted by Crippen LogP contribution is -2.61. The number of hydrogen-bond acceptors (Lipinski definition) is 3. The van der Waals surface area contributed by atoms with Crippen LogP contribution in [0.2, 0.25) is 0 Å². The third kappa shape index (κ3) is 5.26. The van der Waals surface area contributed by atoms with Crippen LogP contribution in [0.25, 0.3) is 0 Å². The van der Waals surface area contributed by atoms with E-state index >= 15 is 0 Å². The molecule has 2 heterocycles. The average Bonchev–Trinajstić information content (AvgIpc) is 2.93. The molecule has 1 N–H and O–H groups in total. The Labute approximate surface area is 167 Å². The maximum absolute atomic E-state index is 13.1. The zero-order chi connectivity index (χ0) is 21.8. The van der Waals surface area contributed by atoms with Gasteiger partial charge in [-0.3, -0.25) is 9.69 Å². The summed E-state index contributed by atoms with van der Waals surface area (Å²) in [5.41, 5.74) is 1.15. The monoisotopic (exact) mass is 418 g/mol. The molecule has 0 unspecified atom stereocenters. The quantitative estimate of drug-likeness (QED) is 0.758. The average molecular weight is 418 g/mol. The maximum atomic E-state index is 13.1. The first-order chi connectivity index (χ1) is 13.5. The van der Waals surface area contributed by atoms with Crippen molar-refractivity contribution in [3.05, 3.63) is 35.6 Å². The molecule has 162 valence electrons. The number of carboxylic acids is 1. The van der Waals surface area contributed by atoms with Crippen molar-refractivity contribution < 1.29 is 32.3 Å². The van der Waals surface area contributed by atoms with Crippen LogP contribution in [0.4, 0.5) is 17.6 Å². The van der Waals surface area contributed by atoms with Crippen molar-refractivity contribution in [2.75, 3.05) is 13.6 Å². The normalized spacial score (nSPS) is 25.1. The first-order valence-electron chi connectivity index (χ1n) is 9.56. The van der Waals surface area contributed by atoms with E-state index in [1.807, 2.05) is 24.1 Å². The number of carboxylic acid groups (broad SMARTS) is 1. The maximum Gasteiger partial charge on any atom is 0.490 e. The van der Waals surface area contributed by atoms with Gasteiger partial charge in [-0.05, 0) is 49.9 Å². The highest BCUT2D eigenvalue weighted by Gasteiger charge is 2.51. The lowest BCUT2D eigenvalue weighted by Gasteiger charge is -2.51. The SMILES string of the molecule is CC[C@@H]1N(Cc2ccc(F)cc2)CCC[C@]12CCC(=O)N2C.O=C(O)C(F)(F)F. The van der Waals surface area contributed by atoms with Gasteiger partial charge in [0.1, 0.15) is 5.82 Å². The molecule has 2 atom stereocenters. The molecule has 2 aliphatic heterocycles. The van der Waals surface area contributed by atoms with E-state index in [2.05, 4.69) is 11.8 Å². The van der Waals surface area contributed by atoms with E-state index in [0.29, 0.717) is 12.5 Å². The number of benzene rings is 1. The van der Waals surface area contributed by atoms with Crippen molar-refractivity contribution in [1.29, 1.82) is 0 Å². The molecule has 0 radical (unpaired) electrons.